The van der Waals surface area contributed by atoms with E-state index in [9.17, 15) is 34.8 Å². The fourth-order valence-electron chi connectivity index (χ4n) is 6.46. The molecule has 5 rings (SSSR count). The molecule has 2 aliphatic rings. The molecule has 2 unspecified atom stereocenters. The van der Waals surface area contributed by atoms with Crippen molar-refractivity contribution in [2.75, 3.05) is 13.3 Å². The number of nitrogens with zero attached hydrogens (tertiary/aromatic N) is 2. The maximum absolute atomic E-state index is 11.6. The van der Waals surface area contributed by atoms with E-state index in [2.05, 4.69) is 9.97 Å². The summed E-state index contributed by atoms with van der Waals surface area (Å²) in [6.07, 6.45) is -1.16. The molecule has 272 valence electrons. The average molecular weight is 704 g/mol. The van der Waals surface area contributed by atoms with E-state index >= 15 is 0 Å². The van der Waals surface area contributed by atoms with Gasteiger partial charge in [-0.05, 0) is 112 Å². The maximum atomic E-state index is 11.6. The number of aromatic amines is 2. The second-order valence-electron chi connectivity index (χ2n) is 12.6. The summed E-state index contributed by atoms with van der Waals surface area (Å²) in [5.41, 5.74) is 11.7. The molecule has 9 N–H and O–H groups in total. The lowest BCUT2D eigenvalue weighted by atomic mass is 9.99. The van der Waals surface area contributed by atoms with E-state index in [-0.39, 0.29) is 25.7 Å². The first-order chi connectivity index (χ1) is 24.1. The van der Waals surface area contributed by atoms with Gasteiger partial charge in [-0.2, -0.15) is 0 Å². The van der Waals surface area contributed by atoms with E-state index < -0.39 is 43.4 Å². The number of carbonyl (C=O) groups is 3. The van der Waals surface area contributed by atoms with Crippen LogP contribution in [0.15, 0.2) is 24.3 Å². The van der Waals surface area contributed by atoms with Crippen LogP contribution in [0.3, 0.4) is 0 Å². The van der Waals surface area contributed by atoms with E-state index in [1.807, 2.05) is 57.3 Å². The average Bonchev–Trinajstić information content (AvgIpc) is 3.72. The molecule has 0 spiro atoms. The van der Waals surface area contributed by atoms with Crippen LogP contribution in [0.1, 0.15) is 98.1 Å². The van der Waals surface area contributed by atoms with Crippen LogP contribution in [-0.2, 0) is 20.8 Å². The number of aryl methyl sites for hydroxylation is 3. The highest BCUT2D eigenvalue weighted by molar-refractivity contribution is 5.96. The summed E-state index contributed by atoms with van der Waals surface area (Å²) in [4.78, 5) is 49.7. The maximum Gasteiger partial charge on any atom is 0.303 e. The number of aliphatic carboxylic acids is 2. The summed E-state index contributed by atoms with van der Waals surface area (Å²) >= 11 is 0. The van der Waals surface area contributed by atoms with E-state index in [0.717, 1.165) is 44.4 Å². The molecule has 2 aliphatic heterocycles. The molecule has 14 heteroatoms. The van der Waals surface area contributed by atoms with Crippen molar-refractivity contribution in [3.63, 3.8) is 0 Å². The molecule has 1 amide bonds. The van der Waals surface area contributed by atoms with Gasteiger partial charge in [0.2, 0.25) is 5.91 Å². The predicted octanol–water partition coefficient (Wildman–Crippen LogP) is 4.15. The number of allylic oxidation sites excluding steroid dienone is 3. The monoisotopic (exact) mass is 703 g/mol. The number of aliphatic hydroxyl groups is 4. The highest BCUT2D eigenvalue weighted by atomic mass is 16.4. The number of carboxylic acids is 2. The minimum atomic E-state index is -0.917. The summed E-state index contributed by atoms with van der Waals surface area (Å²) < 4.78 is 0. The molecule has 0 saturated carbocycles. The van der Waals surface area contributed by atoms with Gasteiger partial charge in [0.25, 0.3) is 0 Å². The summed E-state index contributed by atoms with van der Waals surface area (Å²) in [6.45, 7) is 10.1. The summed E-state index contributed by atoms with van der Waals surface area (Å²) in [7, 11) is 0. The number of fused-ring (bicyclic) bond motifs is 8. The predicted molar refractivity (Wildman–Crippen MR) is 193 cm³/mol. The molecule has 3 aromatic rings. The van der Waals surface area contributed by atoms with Gasteiger partial charge >= 0.3 is 11.9 Å². The highest BCUT2D eigenvalue weighted by Crippen LogP contribution is 2.37. The molecule has 0 fully saturated rings. The van der Waals surface area contributed by atoms with Gasteiger partial charge in [-0.1, -0.05) is 0 Å². The van der Waals surface area contributed by atoms with Gasteiger partial charge in [-0.3, -0.25) is 14.4 Å². The molecule has 0 aromatic carbocycles. The zero-order valence-corrected chi connectivity index (χ0v) is 29.5. The van der Waals surface area contributed by atoms with Crippen molar-refractivity contribution in [2.45, 2.75) is 79.4 Å². The van der Waals surface area contributed by atoms with Crippen LogP contribution in [0, 0.1) is 13.8 Å². The second-order valence-corrected chi connectivity index (χ2v) is 12.6. The molecule has 14 nitrogen and oxygen atoms in total. The smallest absolute Gasteiger partial charge is 0.303 e. The molecule has 0 aliphatic carbocycles. The number of H-pyrrole nitrogens is 2. The minimum Gasteiger partial charge on any atom is -0.481 e. The van der Waals surface area contributed by atoms with E-state index in [1.54, 1.807) is 13.8 Å². The molecule has 8 bridgehead atoms. The van der Waals surface area contributed by atoms with Crippen molar-refractivity contribution in [2.24, 2.45) is 0 Å². The zero-order chi connectivity index (χ0) is 37.7. The Morgan fingerprint density at radius 2 is 1.24 bits per heavy atom. The Morgan fingerprint density at radius 3 is 1.80 bits per heavy atom. The Balaban J connectivity index is 0.000000755. The Kier molecular flexibility index (Phi) is 12.3. The second kappa shape index (κ2) is 16.2. The van der Waals surface area contributed by atoms with Crippen molar-refractivity contribution < 1.29 is 45.0 Å². The van der Waals surface area contributed by atoms with Gasteiger partial charge in [0.1, 0.15) is 13.3 Å². The van der Waals surface area contributed by atoms with Crippen LogP contribution in [0.5, 0.6) is 0 Å². The number of carbonyl (C=O) groups excluding carboxylic acids is 1. The van der Waals surface area contributed by atoms with Crippen LogP contribution in [0.25, 0.3) is 44.4 Å². The molecule has 51 heavy (non-hydrogen) atoms. The van der Waals surface area contributed by atoms with Crippen molar-refractivity contribution in [1.29, 1.82) is 0 Å². The number of amides is 1. The third-order valence-corrected chi connectivity index (χ3v) is 9.07. The number of nitrogens with one attached hydrogen (secondary N) is 3. The van der Waals surface area contributed by atoms with Gasteiger partial charge in [0.15, 0.2) is 0 Å². The molecular formula is C37H45N5O9. The third-order valence-electron chi connectivity index (χ3n) is 9.07. The lowest BCUT2D eigenvalue weighted by molar-refractivity contribution is -0.137. The normalized spacial score (nSPS) is 13.8. The molecule has 3 aromatic heterocycles. The van der Waals surface area contributed by atoms with Crippen LogP contribution in [0.4, 0.5) is 0 Å². The van der Waals surface area contributed by atoms with Crippen LogP contribution >= 0.6 is 0 Å². The lowest BCUT2D eigenvalue weighted by Gasteiger charge is -2.07. The summed E-state index contributed by atoms with van der Waals surface area (Å²) in [6, 6.07) is 7.51. The first-order valence-electron chi connectivity index (χ1n) is 16.5. The number of aliphatic hydroxyl groups excluding tert-OH is 4. The van der Waals surface area contributed by atoms with Crippen LogP contribution in [-0.4, -0.2) is 87.9 Å². The SMILES string of the molecule is CC1=C(CCC(=O)O)c2cc3[nH]c(cc4nc(cc5[nH]c(cc1n2)c(C(C)O)c5C)C(C(C)O)=C4C)c(C)c3CCC(=O)O.O=C(CO)NCO. The van der Waals surface area contributed by atoms with Gasteiger partial charge in [0.05, 0.1) is 35.0 Å². The van der Waals surface area contributed by atoms with Crippen LogP contribution in [0.2, 0.25) is 0 Å². The molecule has 0 saturated heterocycles. The fraction of sp³-hybridized carbons (Fsp3) is 0.378. The highest BCUT2D eigenvalue weighted by Gasteiger charge is 2.23. The summed E-state index contributed by atoms with van der Waals surface area (Å²) in [5, 5.41) is 58.3. The molecule has 0 radical (unpaired) electrons. The van der Waals surface area contributed by atoms with Crippen molar-refractivity contribution in [1.82, 2.24) is 25.3 Å². The molecule has 2 atom stereocenters. The minimum absolute atomic E-state index is 0.0628. The number of rotatable bonds is 10. The molecule has 5 heterocycles. The largest absolute Gasteiger partial charge is 0.481 e. The standard InChI is InChI=1S/C34H38N4O6.C3H7NO3/c1-15-21(7-9-31(41)42)27-14-28-22(8-10-32(43)44)16(2)24(36-28)12-29-34(20(6)40)18(4)26(38-29)13-30-33(19(5)39)17(3)25(37-30)11-23(15)35-27;5-1-3(7)4-2-6/h11-14,19-20,35,38-40H,7-10H2,1-6H3,(H,41,42)(H,43,44);5-6H,1-2H2,(H,4,7). The van der Waals surface area contributed by atoms with Crippen molar-refractivity contribution in [3.8, 4) is 0 Å². The Bertz CT molecular complexity index is 2090. The first kappa shape index (κ1) is 38.6. The Labute approximate surface area is 294 Å². The Hall–Kier alpha value is -5.15. The Morgan fingerprint density at radius 1 is 0.706 bits per heavy atom. The topological polar surface area (TPSA) is 242 Å². The van der Waals surface area contributed by atoms with Crippen LogP contribution < -0.4 is 5.32 Å². The lowest BCUT2D eigenvalue weighted by Crippen LogP contribution is -2.26. The quantitative estimate of drug-likeness (QED) is 0.136. The van der Waals surface area contributed by atoms with E-state index in [4.69, 9.17) is 20.2 Å². The van der Waals surface area contributed by atoms with Gasteiger partial charge in [-0.15, -0.1) is 0 Å². The number of hydrogen-bond donors (Lipinski definition) is 9. The zero-order valence-electron chi connectivity index (χ0n) is 29.5. The van der Waals surface area contributed by atoms with Crippen molar-refractivity contribution in [3.05, 3.63) is 69.3 Å². The van der Waals surface area contributed by atoms with Gasteiger partial charge < -0.3 is 45.9 Å². The number of carboxylic acid groups (broad SMARTS) is 2. The number of hydrogen-bond acceptors (Lipinski definition) is 9. The van der Waals surface area contributed by atoms with Gasteiger partial charge in [-0.25, -0.2) is 9.97 Å². The third kappa shape index (κ3) is 8.60. The first-order valence-corrected chi connectivity index (χ1v) is 16.5. The van der Waals surface area contributed by atoms with E-state index in [0.29, 0.717) is 44.9 Å². The number of aromatic nitrogens is 4. The van der Waals surface area contributed by atoms with E-state index in [1.165, 1.54) is 0 Å². The fourth-order valence-corrected chi connectivity index (χ4v) is 6.46. The van der Waals surface area contributed by atoms with Gasteiger partial charge in [0, 0.05) is 46.0 Å². The van der Waals surface area contributed by atoms with Crippen molar-refractivity contribution >= 4 is 62.2 Å². The summed E-state index contributed by atoms with van der Waals surface area (Å²) in [5.74, 6) is -2.39. The molecular weight excluding hydrogens is 658 g/mol.